The van der Waals surface area contributed by atoms with E-state index in [1.165, 1.54) is 12.8 Å². The van der Waals surface area contributed by atoms with Crippen molar-refractivity contribution in [2.75, 3.05) is 13.2 Å². The first kappa shape index (κ1) is 13.5. The van der Waals surface area contributed by atoms with Gasteiger partial charge in [-0.25, -0.2) is 0 Å². The molecule has 1 aliphatic rings. The van der Waals surface area contributed by atoms with Crippen molar-refractivity contribution in [2.45, 2.75) is 64.0 Å². The number of nitrogens with zero attached hydrogens (tertiary/aromatic N) is 1. The number of hydrogen-bond acceptors (Lipinski definition) is 3. The van der Waals surface area contributed by atoms with Crippen LogP contribution in [0.3, 0.4) is 0 Å². The number of nitrogens with one attached hydrogen (secondary N) is 1. The second-order valence-corrected chi connectivity index (χ2v) is 4.92. The van der Waals surface area contributed by atoms with E-state index in [0.29, 0.717) is 6.10 Å². The Morgan fingerprint density at radius 2 is 2.31 bits per heavy atom. The van der Waals surface area contributed by atoms with Crippen LogP contribution >= 0.6 is 0 Å². The summed E-state index contributed by atoms with van der Waals surface area (Å²) in [7, 11) is 0. The highest BCUT2D eigenvalue weighted by Crippen LogP contribution is 2.16. The van der Waals surface area contributed by atoms with E-state index in [-0.39, 0.29) is 5.54 Å². The zero-order valence-electron chi connectivity index (χ0n) is 10.6. The van der Waals surface area contributed by atoms with E-state index in [1.54, 1.807) is 0 Å². The summed E-state index contributed by atoms with van der Waals surface area (Å²) < 4.78 is 5.55. The van der Waals surface area contributed by atoms with Gasteiger partial charge in [-0.1, -0.05) is 26.2 Å². The van der Waals surface area contributed by atoms with E-state index >= 15 is 0 Å². The van der Waals surface area contributed by atoms with E-state index in [1.807, 2.05) is 6.92 Å². The standard InChI is InChI=1S/C13H24N2O/c1-3-4-5-8-13(2,11-14)15-10-12-7-6-9-16-12/h12,15H,3-10H2,1-2H3. The largest absolute Gasteiger partial charge is 0.377 e. The monoisotopic (exact) mass is 224 g/mol. The maximum atomic E-state index is 9.21. The molecule has 16 heavy (non-hydrogen) atoms. The average molecular weight is 224 g/mol. The third-order valence-electron chi connectivity index (χ3n) is 3.27. The first-order valence-corrected chi connectivity index (χ1v) is 6.48. The molecule has 0 aromatic rings. The molecule has 1 aliphatic heterocycles. The number of ether oxygens (including phenoxy) is 1. The molecule has 1 N–H and O–H groups in total. The summed E-state index contributed by atoms with van der Waals surface area (Å²) in [6.45, 7) is 5.88. The maximum absolute atomic E-state index is 9.21. The minimum Gasteiger partial charge on any atom is -0.377 e. The van der Waals surface area contributed by atoms with Gasteiger partial charge in [-0.2, -0.15) is 5.26 Å². The van der Waals surface area contributed by atoms with Crippen LogP contribution in [0.4, 0.5) is 0 Å². The Morgan fingerprint density at radius 3 is 2.88 bits per heavy atom. The van der Waals surface area contributed by atoms with Crippen molar-refractivity contribution in [1.29, 1.82) is 5.26 Å². The Balaban J connectivity index is 2.25. The van der Waals surface area contributed by atoms with Crippen molar-refractivity contribution in [3.05, 3.63) is 0 Å². The number of unbranched alkanes of at least 4 members (excludes halogenated alkanes) is 2. The summed E-state index contributed by atoms with van der Waals surface area (Å²) in [5.74, 6) is 0. The van der Waals surface area contributed by atoms with Gasteiger partial charge >= 0.3 is 0 Å². The summed E-state index contributed by atoms with van der Waals surface area (Å²) in [4.78, 5) is 0. The molecule has 2 atom stereocenters. The van der Waals surface area contributed by atoms with Crippen LogP contribution in [-0.4, -0.2) is 24.8 Å². The predicted octanol–water partition coefficient (Wildman–Crippen LogP) is 2.62. The molecule has 2 unspecified atom stereocenters. The topological polar surface area (TPSA) is 45.0 Å². The van der Waals surface area contributed by atoms with Gasteiger partial charge in [-0.3, -0.25) is 5.32 Å². The highest BCUT2D eigenvalue weighted by Gasteiger charge is 2.25. The minimum atomic E-state index is -0.374. The fourth-order valence-electron chi connectivity index (χ4n) is 2.06. The molecule has 0 bridgehead atoms. The predicted molar refractivity (Wildman–Crippen MR) is 65.1 cm³/mol. The lowest BCUT2D eigenvalue weighted by molar-refractivity contribution is 0.104. The molecule has 0 amide bonds. The Kier molecular flexibility index (Phi) is 5.79. The first-order valence-electron chi connectivity index (χ1n) is 6.48. The van der Waals surface area contributed by atoms with Gasteiger partial charge in [-0.05, 0) is 26.2 Å². The molecule has 3 nitrogen and oxygen atoms in total. The molecule has 1 rings (SSSR count). The fourth-order valence-corrected chi connectivity index (χ4v) is 2.06. The van der Waals surface area contributed by atoms with Crippen LogP contribution in [0.5, 0.6) is 0 Å². The lowest BCUT2D eigenvalue weighted by Crippen LogP contribution is -2.44. The zero-order chi connectivity index (χ0) is 11.9. The van der Waals surface area contributed by atoms with Crippen LogP contribution in [0.15, 0.2) is 0 Å². The summed E-state index contributed by atoms with van der Waals surface area (Å²) in [6.07, 6.45) is 7.07. The molecule has 1 fully saturated rings. The van der Waals surface area contributed by atoms with Crippen LogP contribution in [0.25, 0.3) is 0 Å². The van der Waals surface area contributed by atoms with Crippen molar-refractivity contribution in [2.24, 2.45) is 0 Å². The van der Waals surface area contributed by atoms with Crippen molar-refractivity contribution < 1.29 is 4.74 Å². The highest BCUT2D eigenvalue weighted by molar-refractivity contribution is 5.03. The van der Waals surface area contributed by atoms with Crippen LogP contribution in [0, 0.1) is 11.3 Å². The minimum absolute atomic E-state index is 0.318. The smallest absolute Gasteiger partial charge is 0.104 e. The van der Waals surface area contributed by atoms with Gasteiger partial charge in [0.05, 0.1) is 12.2 Å². The quantitative estimate of drug-likeness (QED) is 0.676. The van der Waals surface area contributed by atoms with E-state index < -0.39 is 0 Å². The Morgan fingerprint density at radius 1 is 1.50 bits per heavy atom. The van der Waals surface area contributed by atoms with Gasteiger partial charge in [0.1, 0.15) is 5.54 Å². The van der Waals surface area contributed by atoms with Gasteiger partial charge in [0.15, 0.2) is 0 Å². The Bertz CT molecular complexity index is 231. The van der Waals surface area contributed by atoms with Gasteiger partial charge in [-0.15, -0.1) is 0 Å². The van der Waals surface area contributed by atoms with Gasteiger partial charge in [0, 0.05) is 13.2 Å². The second kappa shape index (κ2) is 6.88. The molecular formula is C13H24N2O. The molecule has 0 radical (unpaired) electrons. The number of nitriles is 1. The molecule has 0 aromatic carbocycles. The third-order valence-corrected chi connectivity index (χ3v) is 3.27. The SMILES string of the molecule is CCCCCC(C)(C#N)NCC1CCCO1. The molecule has 0 saturated carbocycles. The van der Waals surface area contributed by atoms with E-state index in [0.717, 1.165) is 38.8 Å². The van der Waals surface area contributed by atoms with Crippen LogP contribution < -0.4 is 5.32 Å². The van der Waals surface area contributed by atoms with Crippen molar-refractivity contribution in [1.82, 2.24) is 5.32 Å². The fraction of sp³-hybridized carbons (Fsp3) is 0.923. The summed E-state index contributed by atoms with van der Waals surface area (Å²) in [5.41, 5.74) is -0.374. The van der Waals surface area contributed by atoms with Crippen LogP contribution in [0.1, 0.15) is 52.4 Å². The number of rotatable bonds is 7. The molecular weight excluding hydrogens is 200 g/mol. The molecule has 0 aliphatic carbocycles. The van der Waals surface area contributed by atoms with Crippen LogP contribution in [0.2, 0.25) is 0 Å². The van der Waals surface area contributed by atoms with Gasteiger partial charge in [0.2, 0.25) is 0 Å². The van der Waals surface area contributed by atoms with Gasteiger partial charge < -0.3 is 4.74 Å². The van der Waals surface area contributed by atoms with Crippen LogP contribution in [-0.2, 0) is 4.74 Å². The van der Waals surface area contributed by atoms with Crippen molar-refractivity contribution in [3.8, 4) is 6.07 Å². The highest BCUT2D eigenvalue weighted by atomic mass is 16.5. The zero-order valence-corrected chi connectivity index (χ0v) is 10.6. The maximum Gasteiger partial charge on any atom is 0.104 e. The lowest BCUT2D eigenvalue weighted by atomic mass is 9.95. The molecule has 1 saturated heterocycles. The normalized spacial score (nSPS) is 23.9. The molecule has 0 aromatic heterocycles. The van der Waals surface area contributed by atoms with Gasteiger partial charge in [0.25, 0.3) is 0 Å². The molecule has 1 heterocycles. The first-order chi connectivity index (χ1) is 7.70. The number of hydrogen-bond donors (Lipinski definition) is 1. The summed E-state index contributed by atoms with van der Waals surface area (Å²) in [5, 5.41) is 12.6. The lowest BCUT2D eigenvalue weighted by Gasteiger charge is -2.25. The van der Waals surface area contributed by atoms with E-state index in [2.05, 4.69) is 18.3 Å². The van der Waals surface area contributed by atoms with E-state index in [9.17, 15) is 5.26 Å². The van der Waals surface area contributed by atoms with Crippen molar-refractivity contribution in [3.63, 3.8) is 0 Å². The molecule has 0 spiro atoms. The van der Waals surface area contributed by atoms with E-state index in [4.69, 9.17) is 4.74 Å². The van der Waals surface area contributed by atoms with Crippen molar-refractivity contribution >= 4 is 0 Å². The Hall–Kier alpha value is -0.590. The molecule has 3 heteroatoms. The Labute approximate surface area is 99.2 Å². The third kappa shape index (κ3) is 4.51. The average Bonchev–Trinajstić information content (AvgIpc) is 2.80. The summed E-state index contributed by atoms with van der Waals surface area (Å²) >= 11 is 0. The molecule has 92 valence electrons. The summed E-state index contributed by atoms with van der Waals surface area (Å²) in [6, 6.07) is 2.39. The second-order valence-electron chi connectivity index (χ2n) is 4.92.